The zero-order valence-corrected chi connectivity index (χ0v) is 15.7. The lowest BCUT2D eigenvalue weighted by molar-refractivity contribution is -0.137. The number of halogens is 1. The molecule has 2 heterocycles. The fraction of sp³-hybridized carbons (Fsp3) is 0.722. The van der Waals surface area contributed by atoms with E-state index in [0.29, 0.717) is 31.8 Å². The van der Waals surface area contributed by atoms with Crippen LogP contribution in [0, 0.1) is 24.2 Å². The average molecular weight is 386 g/mol. The molecule has 0 aromatic rings. The summed E-state index contributed by atoms with van der Waals surface area (Å²) in [5.74, 6) is 1.37. The van der Waals surface area contributed by atoms with E-state index in [4.69, 9.17) is 11.5 Å². The quantitative estimate of drug-likeness (QED) is 0.558. The molecular weight excluding hydrogens is 358 g/mol. The molecule has 2 aliphatic heterocycles. The fourth-order valence-corrected chi connectivity index (χ4v) is 3.47. The highest BCUT2D eigenvalue weighted by Gasteiger charge is 2.32. The van der Waals surface area contributed by atoms with Gasteiger partial charge in [-0.2, -0.15) is 0 Å². The molecule has 2 atom stereocenters. The lowest BCUT2D eigenvalue weighted by Crippen LogP contribution is -2.40. The predicted molar refractivity (Wildman–Crippen MR) is 99.8 cm³/mol. The van der Waals surface area contributed by atoms with Crippen LogP contribution in [0.3, 0.4) is 0 Å². The number of carbonyl (C=O) groups is 3. The van der Waals surface area contributed by atoms with Crippen molar-refractivity contribution < 1.29 is 19.5 Å². The van der Waals surface area contributed by atoms with Crippen LogP contribution in [0.2, 0.25) is 0 Å². The van der Waals surface area contributed by atoms with Gasteiger partial charge in [0.25, 0.3) is 0 Å². The van der Waals surface area contributed by atoms with Crippen LogP contribution in [0.4, 0.5) is 0 Å². The minimum Gasteiger partial charge on any atom is -0.481 e. The molecule has 0 spiro atoms. The monoisotopic (exact) mass is 385 g/mol. The first-order valence-electron chi connectivity index (χ1n) is 8.96. The van der Waals surface area contributed by atoms with Gasteiger partial charge in [-0.1, -0.05) is 5.92 Å². The number of aliphatic carboxylic acids is 1. The molecule has 2 fully saturated rings. The fourth-order valence-electron chi connectivity index (χ4n) is 3.47. The Kier molecular flexibility index (Phi) is 9.46. The minimum atomic E-state index is -1.05. The van der Waals surface area contributed by atoms with Crippen molar-refractivity contribution in [3.63, 3.8) is 0 Å². The number of amides is 2. The number of carboxylic acids is 1. The first kappa shape index (κ1) is 22.3. The van der Waals surface area contributed by atoms with E-state index in [-0.39, 0.29) is 36.6 Å². The Morgan fingerprint density at radius 1 is 1.27 bits per heavy atom. The molecule has 0 aromatic carbocycles. The normalized spacial score (nSPS) is 21.3. The van der Waals surface area contributed by atoms with Crippen LogP contribution in [0.25, 0.3) is 0 Å². The van der Waals surface area contributed by atoms with Gasteiger partial charge in [0.05, 0.1) is 12.3 Å². The molecule has 2 saturated heterocycles. The molecule has 2 rings (SSSR count). The zero-order chi connectivity index (χ0) is 18.2. The largest absolute Gasteiger partial charge is 0.481 e. The van der Waals surface area contributed by atoms with E-state index in [1.165, 1.54) is 0 Å². The number of carbonyl (C=O) groups excluding carboxylic acids is 2. The second-order valence-electron chi connectivity index (χ2n) is 6.88. The Hall–Kier alpha value is -1.78. The van der Waals surface area contributed by atoms with Crippen molar-refractivity contribution in [3.8, 4) is 12.3 Å². The third-order valence-electron chi connectivity index (χ3n) is 5.03. The highest BCUT2D eigenvalue weighted by molar-refractivity contribution is 5.85. The summed E-state index contributed by atoms with van der Waals surface area (Å²) in [6.07, 6.45) is 9.23. The van der Waals surface area contributed by atoms with Crippen LogP contribution >= 0.6 is 12.4 Å². The van der Waals surface area contributed by atoms with Crippen molar-refractivity contribution in [1.82, 2.24) is 15.5 Å². The first-order valence-corrected chi connectivity index (χ1v) is 8.96. The zero-order valence-electron chi connectivity index (χ0n) is 14.9. The van der Waals surface area contributed by atoms with Gasteiger partial charge in [-0.15, -0.1) is 18.8 Å². The number of piperidine rings is 1. The smallest absolute Gasteiger partial charge is 0.306 e. The van der Waals surface area contributed by atoms with Crippen LogP contribution in [-0.2, 0) is 14.4 Å². The number of hydrogen-bond acceptors (Lipinski definition) is 4. The van der Waals surface area contributed by atoms with E-state index in [2.05, 4.69) is 16.6 Å². The molecule has 0 bridgehead atoms. The number of nitrogens with one attached hydrogen (secondary N) is 2. The molecule has 0 aliphatic carbocycles. The van der Waals surface area contributed by atoms with E-state index in [1.807, 2.05) is 0 Å². The number of likely N-dealkylation sites (tertiary alicyclic amines) is 1. The van der Waals surface area contributed by atoms with Crippen LogP contribution < -0.4 is 10.6 Å². The molecule has 7 nitrogen and oxygen atoms in total. The van der Waals surface area contributed by atoms with E-state index >= 15 is 0 Å². The number of terminal acetylenes is 1. The summed E-state index contributed by atoms with van der Waals surface area (Å²) in [5, 5.41) is 14.7. The molecule has 8 heteroatoms. The molecule has 3 N–H and O–H groups in total. The van der Waals surface area contributed by atoms with Crippen molar-refractivity contribution in [2.24, 2.45) is 11.8 Å². The molecular formula is C18H28ClN3O4. The standard InChI is InChI=1S/C18H27N3O4.ClH/c1-2-15(11-17(23)24)20-18(25)14-7-10-21(12-14)16(22)4-3-13-5-8-19-9-6-13;/h1,13-15,19H,3-12H2,(H,20,25)(H,23,24);1H/t14?,15-;/m1./s1. The van der Waals surface area contributed by atoms with Gasteiger partial charge >= 0.3 is 5.97 Å². The van der Waals surface area contributed by atoms with E-state index in [1.54, 1.807) is 4.90 Å². The van der Waals surface area contributed by atoms with Crippen LogP contribution in [-0.4, -0.2) is 60.0 Å². The number of nitrogens with zero attached hydrogens (tertiary/aromatic N) is 1. The van der Waals surface area contributed by atoms with Crippen LogP contribution in [0.5, 0.6) is 0 Å². The van der Waals surface area contributed by atoms with Gasteiger partial charge in [0.15, 0.2) is 0 Å². The predicted octanol–water partition coefficient (Wildman–Crippen LogP) is 0.629. The molecule has 2 aliphatic rings. The third kappa shape index (κ3) is 6.85. The summed E-state index contributed by atoms with van der Waals surface area (Å²) in [5.41, 5.74) is 0. The van der Waals surface area contributed by atoms with E-state index in [9.17, 15) is 14.4 Å². The Balaban J connectivity index is 0.00000338. The highest BCUT2D eigenvalue weighted by atomic mass is 35.5. The minimum absolute atomic E-state index is 0. The van der Waals surface area contributed by atoms with Gasteiger partial charge in [0.1, 0.15) is 6.04 Å². The van der Waals surface area contributed by atoms with Gasteiger partial charge in [0, 0.05) is 19.5 Å². The van der Waals surface area contributed by atoms with Gasteiger partial charge in [-0.05, 0) is 44.7 Å². The average Bonchev–Trinajstić information content (AvgIpc) is 3.10. The van der Waals surface area contributed by atoms with Crippen molar-refractivity contribution in [1.29, 1.82) is 0 Å². The Labute approximate surface area is 160 Å². The summed E-state index contributed by atoms with van der Waals surface area (Å²) in [4.78, 5) is 37.0. The Morgan fingerprint density at radius 3 is 2.58 bits per heavy atom. The van der Waals surface area contributed by atoms with Crippen LogP contribution in [0.1, 0.15) is 38.5 Å². The van der Waals surface area contributed by atoms with E-state index < -0.39 is 12.0 Å². The summed E-state index contributed by atoms with van der Waals surface area (Å²) < 4.78 is 0. The van der Waals surface area contributed by atoms with Gasteiger partial charge < -0.3 is 20.6 Å². The first-order chi connectivity index (χ1) is 12.0. The topological polar surface area (TPSA) is 98.7 Å². The Bertz CT molecular complexity index is 543. The van der Waals surface area contributed by atoms with Crippen molar-refractivity contribution in [2.75, 3.05) is 26.2 Å². The molecule has 0 aromatic heterocycles. The molecule has 146 valence electrons. The van der Waals surface area contributed by atoms with Crippen LogP contribution in [0.15, 0.2) is 0 Å². The third-order valence-corrected chi connectivity index (χ3v) is 5.03. The lowest BCUT2D eigenvalue weighted by Gasteiger charge is -2.23. The number of rotatable bonds is 7. The van der Waals surface area contributed by atoms with E-state index in [0.717, 1.165) is 32.4 Å². The van der Waals surface area contributed by atoms with Gasteiger partial charge in [0.2, 0.25) is 11.8 Å². The Morgan fingerprint density at radius 2 is 1.96 bits per heavy atom. The van der Waals surface area contributed by atoms with Crippen molar-refractivity contribution >= 4 is 30.2 Å². The molecule has 1 unspecified atom stereocenters. The number of hydrogen-bond donors (Lipinski definition) is 3. The molecule has 0 radical (unpaired) electrons. The highest BCUT2D eigenvalue weighted by Crippen LogP contribution is 2.21. The lowest BCUT2D eigenvalue weighted by atomic mass is 9.93. The van der Waals surface area contributed by atoms with Crippen molar-refractivity contribution in [2.45, 2.75) is 44.6 Å². The molecule has 0 saturated carbocycles. The van der Waals surface area contributed by atoms with Gasteiger partial charge in [-0.25, -0.2) is 0 Å². The van der Waals surface area contributed by atoms with Gasteiger partial charge in [-0.3, -0.25) is 14.4 Å². The second kappa shape index (κ2) is 11.0. The number of carboxylic acid groups (broad SMARTS) is 1. The SMILES string of the molecule is C#C[C@H](CC(=O)O)NC(=O)C1CCN(C(=O)CCC2CCNCC2)C1.Cl. The van der Waals surface area contributed by atoms with Crippen molar-refractivity contribution in [3.05, 3.63) is 0 Å². The molecule has 26 heavy (non-hydrogen) atoms. The maximum absolute atomic E-state index is 12.3. The maximum Gasteiger partial charge on any atom is 0.306 e. The maximum atomic E-state index is 12.3. The summed E-state index contributed by atoms with van der Waals surface area (Å²) in [6, 6.07) is -0.810. The molecule has 2 amide bonds. The summed E-state index contributed by atoms with van der Waals surface area (Å²) >= 11 is 0. The summed E-state index contributed by atoms with van der Waals surface area (Å²) in [7, 11) is 0. The second-order valence-corrected chi connectivity index (χ2v) is 6.88. The summed E-state index contributed by atoms with van der Waals surface area (Å²) in [6.45, 7) is 3.01.